The Labute approximate surface area is 183 Å². The smallest absolute Gasteiger partial charge is 0.317 e. The molecule has 2 aliphatic heterocycles. The highest BCUT2D eigenvalue weighted by Gasteiger charge is 2.33. The van der Waals surface area contributed by atoms with Gasteiger partial charge in [-0.05, 0) is 61.4 Å². The van der Waals surface area contributed by atoms with Gasteiger partial charge in [0.25, 0.3) is 0 Å². The monoisotopic (exact) mass is 422 g/mol. The molecule has 0 radical (unpaired) electrons. The van der Waals surface area contributed by atoms with Crippen LogP contribution < -0.4 is 19.9 Å². The van der Waals surface area contributed by atoms with Crippen LogP contribution in [0.2, 0.25) is 0 Å². The summed E-state index contributed by atoms with van der Waals surface area (Å²) < 4.78 is 5.22. The van der Waals surface area contributed by atoms with Crippen molar-refractivity contribution in [3.63, 3.8) is 0 Å². The second-order valence-electron chi connectivity index (χ2n) is 8.30. The van der Waals surface area contributed by atoms with Crippen LogP contribution in [0.1, 0.15) is 17.5 Å². The Hall–Kier alpha value is -3.22. The summed E-state index contributed by atoms with van der Waals surface area (Å²) in [6, 6.07) is 13.8. The Morgan fingerprint density at radius 1 is 0.968 bits per heavy atom. The van der Waals surface area contributed by atoms with Gasteiger partial charge < -0.3 is 24.8 Å². The largest absolute Gasteiger partial charge is 0.497 e. The molecule has 0 aromatic heterocycles. The van der Waals surface area contributed by atoms with Crippen molar-refractivity contribution in [2.24, 2.45) is 0 Å². The number of urea groups is 1. The van der Waals surface area contributed by atoms with E-state index in [1.807, 2.05) is 54.3 Å². The Morgan fingerprint density at radius 3 is 2.29 bits per heavy atom. The van der Waals surface area contributed by atoms with E-state index < -0.39 is 0 Å². The number of piperazine rings is 1. The van der Waals surface area contributed by atoms with Gasteiger partial charge in [0.1, 0.15) is 5.75 Å². The van der Waals surface area contributed by atoms with Crippen molar-refractivity contribution in [3.05, 3.63) is 53.6 Å². The van der Waals surface area contributed by atoms with Gasteiger partial charge >= 0.3 is 6.03 Å². The number of amides is 3. The summed E-state index contributed by atoms with van der Waals surface area (Å²) in [5.74, 6) is 0.889. The van der Waals surface area contributed by atoms with E-state index in [2.05, 4.69) is 17.1 Å². The molecule has 0 saturated carbocycles. The molecular formula is C24H30N4O3. The van der Waals surface area contributed by atoms with Crippen LogP contribution in [-0.2, 0) is 4.79 Å². The molecule has 1 atom stereocenters. The van der Waals surface area contributed by atoms with Gasteiger partial charge in [0.2, 0.25) is 5.91 Å². The first-order valence-electron chi connectivity index (χ1n) is 10.8. The first kappa shape index (κ1) is 21.0. The Kier molecular flexibility index (Phi) is 6.02. The molecule has 2 aliphatic rings. The Morgan fingerprint density at radius 2 is 1.65 bits per heavy atom. The lowest BCUT2D eigenvalue weighted by atomic mass is 10.1. The molecule has 1 N–H and O–H groups in total. The van der Waals surface area contributed by atoms with E-state index in [0.29, 0.717) is 26.1 Å². The van der Waals surface area contributed by atoms with Crippen LogP contribution in [0.15, 0.2) is 42.5 Å². The molecule has 7 heteroatoms. The van der Waals surface area contributed by atoms with Crippen LogP contribution in [0, 0.1) is 13.8 Å². The van der Waals surface area contributed by atoms with E-state index in [9.17, 15) is 9.59 Å². The van der Waals surface area contributed by atoms with Gasteiger partial charge in [-0.1, -0.05) is 6.07 Å². The second kappa shape index (κ2) is 8.88. The van der Waals surface area contributed by atoms with Crippen molar-refractivity contribution in [2.45, 2.75) is 26.3 Å². The van der Waals surface area contributed by atoms with Crippen LogP contribution >= 0.6 is 0 Å². The fourth-order valence-corrected chi connectivity index (χ4v) is 4.17. The molecule has 164 valence electrons. The maximum absolute atomic E-state index is 12.8. The predicted molar refractivity (Wildman–Crippen MR) is 122 cm³/mol. The first-order valence-corrected chi connectivity index (χ1v) is 10.8. The van der Waals surface area contributed by atoms with E-state index in [-0.39, 0.29) is 18.0 Å². The standard InChI is InChI=1S/C24H30N4O3/c1-17-4-5-21(14-18(17)2)28-16-19(15-23(28)29)25-24(30)27-12-10-26(11-13-27)20-6-8-22(31-3)9-7-20/h4-9,14,19H,10-13,15-16H2,1-3H3,(H,25,30)/t19-/m0/s1. The van der Waals surface area contributed by atoms with Gasteiger partial charge in [0.15, 0.2) is 0 Å². The SMILES string of the molecule is COc1ccc(N2CCN(C(=O)N[C@H]3CC(=O)N(c4ccc(C)c(C)c4)C3)CC2)cc1. The number of nitrogens with zero attached hydrogens (tertiary/aromatic N) is 3. The van der Waals surface area contributed by atoms with E-state index in [4.69, 9.17) is 4.74 Å². The van der Waals surface area contributed by atoms with Gasteiger partial charge in [0, 0.05) is 50.5 Å². The fourth-order valence-electron chi connectivity index (χ4n) is 4.17. The van der Waals surface area contributed by atoms with Crippen molar-refractivity contribution in [1.29, 1.82) is 0 Å². The van der Waals surface area contributed by atoms with E-state index in [1.165, 1.54) is 5.56 Å². The number of hydrogen-bond donors (Lipinski definition) is 1. The van der Waals surface area contributed by atoms with E-state index in [0.717, 1.165) is 35.8 Å². The van der Waals surface area contributed by atoms with Crippen molar-refractivity contribution in [2.75, 3.05) is 49.6 Å². The molecular weight excluding hydrogens is 392 g/mol. The van der Waals surface area contributed by atoms with Crippen LogP contribution in [0.25, 0.3) is 0 Å². The Bertz CT molecular complexity index is 952. The van der Waals surface area contributed by atoms with Gasteiger partial charge in [-0.25, -0.2) is 4.79 Å². The molecule has 3 amide bonds. The van der Waals surface area contributed by atoms with Gasteiger partial charge in [-0.2, -0.15) is 0 Å². The molecule has 2 aromatic carbocycles. The normalized spacial score (nSPS) is 19.0. The molecule has 4 rings (SSSR count). The van der Waals surface area contributed by atoms with Crippen molar-refractivity contribution in [1.82, 2.24) is 10.2 Å². The van der Waals surface area contributed by atoms with E-state index in [1.54, 1.807) is 12.0 Å². The maximum atomic E-state index is 12.8. The first-order chi connectivity index (χ1) is 14.9. The molecule has 0 bridgehead atoms. The third kappa shape index (κ3) is 4.60. The summed E-state index contributed by atoms with van der Waals surface area (Å²) in [5, 5.41) is 3.06. The average molecular weight is 423 g/mol. The molecule has 7 nitrogen and oxygen atoms in total. The third-order valence-electron chi connectivity index (χ3n) is 6.26. The lowest BCUT2D eigenvalue weighted by Crippen LogP contribution is -2.53. The molecule has 2 aromatic rings. The lowest BCUT2D eigenvalue weighted by molar-refractivity contribution is -0.117. The number of nitrogens with one attached hydrogen (secondary N) is 1. The number of carbonyl (C=O) groups is 2. The zero-order valence-corrected chi connectivity index (χ0v) is 18.4. The number of hydrogen-bond acceptors (Lipinski definition) is 4. The number of rotatable bonds is 4. The topological polar surface area (TPSA) is 65.1 Å². The summed E-state index contributed by atoms with van der Waals surface area (Å²) in [5.41, 5.74) is 4.39. The van der Waals surface area contributed by atoms with Gasteiger partial charge in [-0.15, -0.1) is 0 Å². The minimum Gasteiger partial charge on any atom is -0.497 e. The zero-order valence-electron chi connectivity index (χ0n) is 18.4. The van der Waals surface area contributed by atoms with Crippen LogP contribution in [0.5, 0.6) is 5.75 Å². The number of carbonyl (C=O) groups excluding carboxylic acids is 2. The third-order valence-corrected chi connectivity index (χ3v) is 6.26. The molecule has 0 unspecified atom stereocenters. The van der Waals surface area contributed by atoms with Crippen molar-refractivity contribution in [3.8, 4) is 5.75 Å². The summed E-state index contributed by atoms with van der Waals surface area (Å²) in [4.78, 5) is 31.2. The molecule has 2 heterocycles. The highest BCUT2D eigenvalue weighted by Crippen LogP contribution is 2.24. The minimum absolute atomic E-state index is 0.0536. The zero-order chi connectivity index (χ0) is 22.0. The molecule has 31 heavy (non-hydrogen) atoms. The summed E-state index contributed by atoms with van der Waals surface area (Å²) in [6.07, 6.45) is 0.338. The number of methoxy groups -OCH3 is 1. The molecule has 2 fully saturated rings. The molecule has 0 aliphatic carbocycles. The lowest BCUT2D eigenvalue weighted by Gasteiger charge is -2.36. The number of aryl methyl sites for hydroxylation is 2. The van der Waals surface area contributed by atoms with E-state index >= 15 is 0 Å². The van der Waals surface area contributed by atoms with Gasteiger partial charge in [0.05, 0.1) is 13.2 Å². The highest BCUT2D eigenvalue weighted by atomic mass is 16.5. The quantitative estimate of drug-likeness (QED) is 0.823. The van der Waals surface area contributed by atoms with Crippen molar-refractivity contribution < 1.29 is 14.3 Å². The van der Waals surface area contributed by atoms with Crippen LogP contribution in [-0.4, -0.2) is 62.7 Å². The number of ether oxygens (including phenoxy) is 1. The minimum atomic E-state index is -0.166. The number of anilines is 2. The fraction of sp³-hybridized carbons (Fsp3) is 0.417. The summed E-state index contributed by atoms with van der Waals surface area (Å²) in [7, 11) is 1.66. The molecule has 2 saturated heterocycles. The average Bonchev–Trinajstić information content (AvgIpc) is 3.15. The van der Waals surface area contributed by atoms with Gasteiger partial charge in [-0.3, -0.25) is 4.79 Å². The molecule has 0 spiro atoms. The highest BCUT2D eigenvalue weighted by molar-refractivity contribution is 5.97. The van der Waals surface area contributed by atoms with Crippen molar-refractivity contribution >= 4 is 23.3 Å². The second-order valence-corrected chi connectivity index (χ2v) is 8.30. The number of benzene rings is 2. The predicted octanol–water partition coefficient (Wildman–Crippen LogP) is 2.95. The van der Waals surface area contributed by atoms with Crippen LogP contribution in [0.3, 0.4) is 0 Å². The summed E-state index contributed by atoms with van der Waals surface area (Å²) in [6.45, 7) is 7.47. The maximum Gasteiger partial charge on any atom is 0.317 e. The Balaban J connectivity index is 1.30. The van der Waals surface area contributed by atoms with Crippen LogP contribution in [0.4, 0.5) is 16.2 Å². The summed E-state index contributed by atoms with van der Waals surface area (Å²) >= 11 is 0.